The van der Waals surface area contributed by atoms with Gasteiger partial charge in [0, 0.05) is 11.7 Å². The summed E-state index contributed by atoms with van der Waals surface area (Å²) in [7, 11) is -2.10. The minimum Gasteiger partial charge on any atom is -0.495 e. The largest absolute Gasteiger partial charge is 0.495 e. The van der Waals surface area contributed by atoms with Gasteiger partial charge in [-0.3, -0.25) is 4.79 Å². The maximum absolute atomic E-state index is 12.5. The van der Waals surface area contributed by atoms with E-state index in [0.717, 1.165) is 35.2 Å². The zero-order chi connectivity index (χ0) is 21.2. The molecule has 0 bridgehead atoms. The number of methoxy groups -OCH3 is 1. The van der Waals surface area contributed by atoms with Crippen molar-refractivity contribution in [2.75, 3.05) is 24.3 Å². The summed E-state index contributed by atoms with van der Waals surface area (Å²) < 4.78 is 32.9. The summed E-state index contributed by atoms with van der Waals surface area (Å²) in [5.74, 6) is 0.234. The lowest BCUT2D eigenvalue weighted by molar-refractivity contribution is -0.114. The third-order valence-corrected chi connectivity index (χ3v) is 6.28. The molecule has 8 heteroatoms. The van der Waals surface area contributed by atoms with Crippen molar-refractivity contribution >= 4 is 27.3 Å². The highest BCUT2D eigenvalue weighted by molar-refractivity contribution is 7.89. The van der Waals surface area contributed by atoms with Crippen molar-refractivity contribution in [2.45, 2.75) is 44.6 Å². The van der Waals surface area contributed by atoms with Crippen molar-refractivity contribution in [1.29, 1.82) is 0 Å². The number of sulfonamides is 1. The maximum atomic E-state index is 12.5. The van der Waals surface area contributed by atoms with Crippen molar-refractivity contribution in [3.05, 3.63) is 47.0 Å². The smallest absolute Gasteiger partial charge is 0.243 e. The SMILES string of the molecule is COc1ccc(S(=O)(=O)NC2CC2)cc1NCC(=O)Nc1c(C)cc(C)cc1C. The molecule has 0 unspecified atom stereocenters. The monoisotopic (exact) mass is 417 g/mol. The molecule has 1 aliphatic rings. The highest BCUT2D eigenvalue weighted by Gasteiger charge is 2.28. The molecule has 0 saturated heterocycles. The number of benzene rings is 2. The van der Waals surface area contributed by atoms with E-state index < -0.39 is 10.0 Å². The van der Waals surface area contributed by atoms with Crippen molar-refractivity contribution in [1.82, 2.24) is 4.72 Å². The highest BCUT2D eigenvalue weighted by Crippen LogP contribution is 2.29. The van der Waals surface area contributed by atoms with Crippen LogP contribution in [-0.2, 0) is 14.8 Å². The molecule has 156 valence electrons. The fourth-order valence-electron chi connectivity index (χ4n) is 3.22. The summed E-state index contributed by atoms with van der Waals surface area (Å²) in [6.07, 6.45) is 1.72. The third kappa shape index (κ3) is 5.27. The number of rotatable bonds is 8. The van der Waals surface area contributed by atoms with Crippen LogP contribution in [0.2, 0.25) is 0 Å². The van der Waals surface area contributed by atoms with E-state index in [1.165, 1.54) is 19.2 Å². The first-order chi connectivity index (χ1) is 13.7. The van der Waals surface area contributed by atoms with E-state index in [0.29, 0.717) is 11.4 Å². The van der Waals surface area contributed by atoms with Crippen molar-refractivity contribution < 1.29 is 17.9 Å². The van der Waals surface area contributed by atoms with E-state index in [1.807, 2.05) is 32.9 Å². The van der Waals surface area contributed by atoms with E-state index in [9.17, 15) is 13.2 Å². The summed E-state index contributed by atoms with van der Waals surface area (Å²) in [4.78, 5) is 12.6. The molecule has 2 aromatic carbocycles. The van der Waals surface area contributed by atoms with Crippen molar-refractivity contribution in [2.24, 2.45) is 0 Å². The Balaban J connectivity index is 1.72. The van der Waals surface area contributed by atoms with Gasteiger partial charge >= 0.3 is 0 Å². The molecule has 0 aromatic heterocycles. The lowest BCUT2D eigenvalue weighted by atomic mass is 10.1. The number of hydrogen-bond acceptors (Lipinski definition) is 5. The van der Waals surface area contributed by atoms with Crippen LogP contribution < -0.4 is 20.1 Å². The van der Waals surface area contributed by atoms with Gasteiger partial charge in [0.05, 0.1) is 24.2 Å². The first kappa shape index (κ1) is 21.1. The van der Waals surface area contributed by atoms with Crippen LogP contribution in [0.25, 0.3) is 0 Å². The average molecular weight is 418 g/mol. The van der Waals surface area contributed by atoms with Crippen molar-refractivity contribution in [3.63, 3.8) is 0 Å². The molecule has 0 heterocycles. The highest BCUT2D eigenvalue weighted by atomic mass is 32.2. The average Bonchev–Trinajstić information content (AvgIpc) is 3.46. The molecule has 0 spiro atoms. The summed E-state index contributed by atoms with van der Waals surface area (Å²) in [5.41, 5.74) is 4.36. The second-order valence-corrected chi connectivity index (χ2v) is 9.15. The molecule has 0 atom stereocenters. The van der Waals surface area contributed by atoms with Gasteiger partial charge in [-0.25, -0.2) is 13.1 Å². The zero-order valence-electron chi connectivity index (χ0n) is 17.1. The first-order valence-corrected chi connectivity index (χ1v) is 11.0. The number of carbonyl (C=O) groups is 1. The minimum atomic E-state index is -3.59. The van der Waals surface area contributed by atoms with E-state index >= 15 is 0 Å². The first-order valence-electron chi connectivity index (χ1n) is 9.51. The fourth-order valence-corrected chi connectivity index (χ4v) is 4.55. The second kappa shape index (κ2) is 8.42. The minimum absolute atomic E-state index is 0.0188. The standard InChI is InChI=1S/C21H27N3O4S/c1-13-9-14(2)21(15(3)10-13)23-20(25)12-22-18-11-17(7-8-19(18)28-4)29(26,27)24-16-5-6-16/h7-11,16,22,24H,5-6,12H2,1-4H3,(H,23,25). The van der Waals surface area contributed by atoms with Crippen LogP contribution in [0.15, 0.2) is 35.2 Å². The number of amides is 1. The Labute approximate surface area is 171 Å². The molecule has 1 aliphatic carbocycles. The lowest BCUT2D eigenvalue weighted by Crippen LogP contribution is -2.26. The molecule has 2 aromatic rings. The van der Waals surface area contributed by atoms with Crippen LogP contribution >= 0.6 is 0 Å². The molecule has 1 amide bonds. The molecular formula is C21H27N3O4S. The maximum Gasteiger partial charge on any atom is 0.243 e. The van der Waals surface area contributed by atoms with Crippen LogP contribution in [-0.4, -0.2) is 34.0 Å². The summed E-state index contributed by atoms with van der Waals surface area (Å²) in [5, 5.41) is 5.91. The Hall–Kier alpha value is -2.58. The summed E-state index contributed by atoms with van der Waals surface area (Å²) in [6.45, 7) is 5.89. The van der Waals surface area contributed by atoms with Crippen molar-refractivity contribution in [3.8, 4) is 5.75 Å². The van der Waals surface area contributed by atoms with E-state index in [4.69, 9.17) is 4.74 Å². The molecule has 0 aliphatic heterocycles. The van der Waals surface area contributed by atoms with Gasteiger partial charge in [0.2, 0.25) is 15.9 Å². The number of anilines is 2. The van der Waals surface area contributed by atoms with Crippen LogP contribution in [0.1, 0.15) is 29.5 Å². The topological polar surface area (TPSA) is 96.5 Å². The van der Waals surface area contributed by atoms with Gasteiger partial charge in [-0.1, -0.05) is 17.7 Å². The predicted octanol–water partition coefficient (Wildman–Crippen LogP) is 3.11. The molecule has 1 saturated carbocycles. The molecule has 0 radical (unpaired) electrons. The van der Waals surface area contributed by atoms with E-state index in [-0.39, 0.29) is 23.4 Å². The van der Waals surface area contributed by atoms with Gasteiger partial charge in [0.15, 0.2) is 0 Å². The Morgan fingerprint density at radius 2 is 1.76 bits per heavy atom. The quantitative estimate of drug-likeness (QED) is 0.613. The Morgan fingerprint density at radius 1 is 1.10 bits per heavy atom. The number of hydrogen-bond donors (Lipinski definition) is 3. The summed E-state index contributed by atoms with van der Waals surface area (Å²) in [6, 6.07) is 8.61. The molecule has 1 fully saturated rings. The second-order valence-electron chi connectivity index (χ2n) is 7.43. The predicted molar refractivity (Wildman–Crippen MR) is 114 cm³/mol. The van der Waals surface area contributed by atoms with E-state index in [2.05, 4.69) is 15.4 Å². The van der Waals surface area contributed by atoms with Gasteiger partial charge in [-0.2, -0.15) is 0 Å². The van der Waals surface area contributed by atoms with Crippen LogP contribution in [0.4, 0.5) is 11.4 Å². The number of carbonyl (C=O) groups excluding carboxylic acids is 1. The molecular weight excluding hydrogens is 390 g/mol. The molecule has 3 rings (SSSR count). The van der Waals surface area contributed by atoms with Crippen LogP contribution in [0.5, 0.6) is 5.75 Å². The fraction of sp³-hybridized carbons (Fsp3) is 0.381. The van der Waals surface area contributed by atoms with Gasteiger partial charge in [-0.05, 0) is 62.9 Å². The van der Waals surface area contributed by atoms with E-state index in [1.54, 1.807) is 6.07 Å². The zero-order valence-corrected chi connectivity index (χ0v) is 17.9. The molecule has 29 heavy (non-hydrogen) atoms. The van der Waals surface area contributed by atoms with Gasteiger partial charge in [-0.15, -0.1) is 0 Å². The number of aryl methyl sites for hydroxylation is 3. The Morgan fingerprint density at radius 3 is 2.34 bits per heavy atom. The summed E-state index contributed by atoms with van der Waals surface area (Å²) >= 11 is 0. The van der Waals surface area contributed by atoms with Gasteiger partial charge in [0.1, 0.15) is 5.75 Å². The Kier molecular flexibility index (Phi) is 6.14. The Bertz CT molecular complexity index is 1010. The lowest BCUT2D eigenvalue weighted by Gasteiger charge is -2.15. The van der Waals surface area contributed by atoms with Crippen LogP contribution in [0.3, 0.4) is 0 Å². The van der Waals surface area contributed by atoms with Crippen LogP contribution in [0, 0.1) is 20.8 Å². The molecule has 3 N–H and O–H groups in total. The number of nitrogens with one attached hydrogen (secondary N) is 3. The molecule has 7 nitrogen and oxygen atoms in total. The third-order valence-electron chi connectivity index (χ3n) is 4.76. The van der Waals surface area contributed by atoms with Gasteiger partial charge < -0.3 is 15.4 Å². The number of ether oxygens (including phenoxy) is 1. The normalized spacial score (nSPS) is 13.8. The van der Waals surface area contributed by atoms with Gasteiger partial charge in [0.25, 0.3) is 0 Å².